The molecule has 0 fully saturated rings. The molecule has 1 N–H and O–H groups in total. The van der Waals surface area contributed by atoms with Gasteiger partial charge in [-0.2, -0.15) is 0 Å². The summed E-state index contributed by atoms with van der Waals surface area (Å²) in [5, 5.41) is 10.4. The Bertz CT molecular complexity index is 1440. The zero-order valence-corrected chi connectivity index (χ0v) is 23.7. The molecule has 0 atom stereocenters. The molecule has 4 rings (SSSR count). The standard InChI is InChI=1S/C31H33NO9/c1-32(2)12-13-39-27-16-19(15-26(37-4)30(27)38-5)14-23(29(33)20-6-9-22(36-3)10-7-20)28(31(34)35)21-8-11-24-25(17-21)41-18-40-24/h6-11,15-17H,12-14,18H2,1-5H3,(H,34,35). The molecule has 41 heavy (non-hydrogen) atoms. The minimum absolute atomic E-state index is 0.0325. The molecule has 0 radical (unpaired) electrons. The van der Waals surface area contributed by atoms with Crippen molar-refractivity contribution in [3.05, 3.63) is 76.9 Å². The summed E-state index contributed by atoms with van der Waals surface area (Å²) in [6.07, 6.45) is -0.0364. The Morgan fingerprint density at radius 3 is 2.17 bits per heavy atom. The fourth-order valence-electron chi connectivity index (χ4n) is 4.41. The third kappa shape index (κ3) is 6.72. The predicted octanol–water partition coefficient (Wildman–Crippen LogP) is 4.35. The monoisotopic (exact) mass is 563 g/mol. The lowest BCUT2D eigenvalue weighted by Crippen LogP contribution is -2.19. The fraction of sp³-hybridized carbons (Fsp3) is 0.290. The van der Waals surface area contributed by atoms with E-state index in [0.717, 1.165) is 0 Å². The maximum Gasteiger partial charge on any atom is 0.336 e. The molecule has 10 heteroatoms. The van der Waals surface area contributed by atoms with Crippen LogP contribution in [0.15, 0.2) is 60.2 Å². The van der Waals surface area contributed by atoms with Crippen LogP contribution >= 0.6 is 0 Å². The molecule has 0 aromatic heterocycles. The number of aliphatic carboxylic acids is 1. The lowest BCUT2D eigenvalue weighted by molar-refractivity contribution is -0.130. The smallest absolute Gasteiger partial charge is 0.336 e. The number of Topliss-reactive ketones (excluding diaryl/α,β-unsaturated/α-hetero) is 1. The van der Waals surface area contributed by atoms with Crippen LogP contribution in [0, 0.1) is 0 Å². The van der Waals surface area contributed by atoms with Crippen LogP contribution in [0.5, 0.6) is 34.5 Å². The van der Waals surface area contributed by atoms with E-state index in [4.69, 9.17) is 28.4 Å². The van der Waals surface area contributed by atoms with Gasteiger partial charge in [-0.25, -0.2) is 4.79 Å². The largest absolute Gasteiger partial charge is 0.497 e. The number of likely N-dealkylation sites (N-methyl/N-ethyl adjacent to an activating group) is 1. The SMILES string of the molecule is COc1ccc(C(=O)C(Cc2cc(OC)c(OC)c(OCCN(C)C)c2)=C(C(=O)O)c2ccc3c(c2)OCO3)cc1. The van der Waals surface area contributed by atoms with E-state index in [1.807, 2.05) is 19.0 Å². The van der Waals surface area contributed by atoms with Crippen molar-refractivity contribution in [2.75, 3.05) is 55.4 Å². The molecule has 3 aromatic rings. The van der Waals surface area contributed by atoms with Crippen LogP contribution in [-0.2, 0) is 11.2 Å². The Labute approximate surface area is 238 Å². The summed E-state index contributed by atoms with van der Waals surface area (Å²) < 4.78 is 33.2. The first-order valence-electron chi connectivity index (χ1n) is 12.8. The molecule has 0 saturated carbocycles. The number of rotatable bonds is 13. The van der Waals surface area contributed by atoms with E-state index in [0.29, 0.717) is 64.3 Å². The normalized spacial score (nSPS) is 12.5. The topological polar surface area (TPSA) is 113 Å². The van der Waals surface area contributed by atoms with Crippen LogP contribution in [0.2, 0.25) is 0 Å². The number of carbonyl (C=O) groups is 2. The number of carboxylic acids is 1. The molecule has 0 saturated heterocycles. The van der Waals surface area contributed by atoms with E-state index < -0.39 is 11.8 Å². The van der Waals surface area contributed by atoms with E-state index in [-0.39, 0.29) is 24.4 Å². The molecule has 0 spiro atoms. The average molecular weight is 564 g/mol. The number of hydrogen-bond acceptors (Lipinski definition) is 9. The van der Waals surface area contributed by atoms with E-state index >= 15 is 0 Å². The van der Waals surface area contributed by atoms with Gasteiger partial charge >= 0.3 is 5.97 Å². The summed E-state index contributed by atoms with van der Waals surface area (Å²) in [5.74, 6) is 0.968. The highest BCUT2D eigenvalue weighted by Gasteiger charge is 2.27. The van der Waals surface area contributed by atoms with Gasteiger partial charge in [0.2, 0.25) is 12.5 Å². The molecular formula is C31H33NO9. The molecule has 0 amide bonds. The number of hydrogen-bond donors (Lipinski definition) is 1. The highest BCUT2D eigenvalue weighted by Crippen LogP contribution is 2.40. The number of allylic oxidation sites excluding steroid dienone is 1. The van der Waals surface area contributed by atoms with E-state index in [1.54, 1.807) is 54.6 Å². The van der Waals surface area contributed by atoms with Gasteiger partial charge in [-0.05, 0) is 73.8 Å². The number of fused-ring (bicyclic) bond motifs is 1. The number of ketones is 1. The van der Waals surface area contributed by atoms with Gasteiger partial charge in [-0.15, -0.1) is 0 Å². The van der Waals surface area contributed by atoms with Gasteiger partial charge in [0.1, 0.15) is 12.4 Å². The van der Waals surface area contributed by atoms with Crippen molar-refractivity contribution < 1.29 is 43.1 Å². The predicted molar refractivity (Wildman–Crippen MR) is 152 cm³/mol. The van der Waals surface area contributed by atoms with Crippen LogP contribution in [0.3, 0.4) is 0 Å². The molecule has 0 aliphatic carbocycles. The second-order valence-corrected chi connectivity index (χ2v) is 9.44. The number of ether oxygens (including phenoxy) is 6. The zero-order valence-electron chi connectivity index (χ0n) is 23.7. The fourth-order valence-corrected chi connectivity index (χ4v) is 4.41. The number of nitrogens with zero attached hydrogens (tertiary/aromatic N) is 1. The van der Waals surface area contributed by atoms with Gasteiger partial charge in [0.15, 0.2) is 28.8 Å². The van der Waals surface area contributed by atoms with Crippen molar-refractivity contribution in [1.82, 2.24) is 4.90 Å². The van der Waals surface area contributed by atoms with Gasteiger partial charge in [0.25, 0.3) is 0 Å². The third-order valence-corrected chi connectivity index (χ3v) is 6.48. The minimum atomic E-state index is -1.26. The summed E-state index contributed by atoms with van der Waals surface area (Å²) in [6, 6.07) is 14.7. The molecule has 0 bridgehead atoms. The van der Waals surface area contributed by atoms with Gasteiger partial charge < -0.3 is 38.4 Å². The molecule has 3 aromatic carbocycles. The summed E-state index contributed by atoms with van der Waals surface area (Å²) in [5.41, 5.74) is 1.12. The molecule has 216 valence electrons. The molecule has 1 heterocycles. The van der Waals surface area contributed by atoms with Crippen molar-refractivity contribution >= 4 is 17.3 Å². The highest BCUT2D eigenvalue weighted by molar-refractivity contribution is 6.26. The lowest BCUT2D eigenvalue weighted by atomic mass is 9.89. The van der Waals surface area contributed by atoms with E-state index in [9.17, 15) is 14.7 Å². The molecule has 1 aliphatic rings. The van der Waals surface area contributed by atoms with Crippen molar-refractivity contribution in [2.45, 2.75) is 6.42 Å². The van der Waals surface area contributed by atoms with Crippen LogP contribution in [-0.4, -0.2) is 77.1 Å². The van der Waals surface area contributed by atoms with Crippen molar-refractivity contribution in [1.29, 1.82) is 0 Å². The molecular weight excluding hydrogens is 530 g/mol. The first kappa shape index (κ1) is 29.3. The van der Waals surface area contributed by atoms with Crippen molar-refractivity contribution in [3.8, 4) is 34.5 Å². The number of methoxy groups -OCH3 is 3. The van der Waals surface area contributed by atoms with E-state index in [2.05, 4.69) is 0 Å². The van der Waals surface area contributed by atoms with Crippen molar-refractivity contribution in [3.63, 3.8) is 0 Å². The first-order chi connectivity index (χ1) is 19.7. The van der Waals surface area contributed by atoms with Crippen LogP contribution in [0.4, 0.5) is 0 Å². The molecule has 1 aliphatic heterocycles. The Morgan fingerprint density at radius 1 is 0.854 bits per heavy atom. The minimum Gasteiger partial charge on any atom is -0.497 e. The zero-order chi connectivity index (χ0) is 29.5. The lowest BCUT2D eigenvalue weighted by Gasteiger charge is -2.18. The quantitative estimate of drug-likeness (QED) is 0.238. The van der Waals surface area contributed by atoms with Gasteiger partial charge in [-0.1, -0.05) is 6.07 Å². The molecule has 10 nitrogen and oxygen atoms in total. The Hall–Kier alpha value is -4.70. The average Bonchev–Trinajstić information content (AvgIpc) is 3.44. The van der Waals surface area contributed by atoms with Gasteiger partial charge in [0, 0.05) is 24.1 Å². The molecule has 0 unspecified atom stereocenters. The van der Waals surface area contributed by atoms with Gasteiger partial charge in [0.05, 0.1) is 26.9 Å². The van der Waals surface area contributed by atoms with Crippen LogP contribution < -0.4 is 28.4 Å². The maximum atomic E-state index is 14.0. The van der Waals surface area contributed by atoms with E-state index in [1.165, 1.54) is 21.3 Å². The van der Waals surface area contributed by atoms with Crippen LogP contribution in [0.1, 0.15) is 21.5 Å². The second kappa shape index (κ2) is 13.1. The summed E-state index contributed by atoms with van der Waals surface area (Å²) >= 11 is 0. The maximum absolute atomic E-state index is 14.0. The first-order valence-corrected chi connectivity index (χ1v) is 12.8. The number of carbonyl (C=O) groups excluding carboxylic acids is 1. The highest BCUT2D eigenvalue weighted by atomic mass is 16.7. The third-order valence-electron chi connectivity index (χ3n) is 6.48. The van der Waals surface area contributed by atoms with Gasteiger partial charge in [-0.3, -0.25) is 4.79 Å². The van der Waals surface area contributed by atoms with Crippen LogP contribution in [0.25, 0.3) is 5.57 Å². The Kier molecular flexibility index (Phi) is 9.36. The summed E-state index contributed by atoms with van der Waals surface area (Å²) in [7, 11) is 8.41. The summed E-state index contributed by atoms with van der Waals surface area (Å²) in [6.45, 7) is 1.07. The Morgan fingerprint density at radius 2 is 1.54 bits per heavy atom. The second-order valence-electron chi connectivity index (χ2n) is 9.44. The summed E-state index contributed by atoms with van der Waals surface area (Å²) in [4.78, 5) is 28.8. The number of benzene rings is 3. The van der Waals surface area contributed by atoms with Crippen molar-refractivity contribution in [2.24, 2.45) is 0 Å². The number of carboxylic acid groups (broad SMARTS) is 1. The Balaban J connectivity index is 1.86.